The summed E-state index contributed by atoms with van der Waals surface area (Å²) in [5, 5.41) is 4.36. The van der Waals surface area contributed by atoms with E-state index in [9.17, 15) is 13.6 Å². The van der Waals surface area contributed by atoms with Crippen molar-refractivity contribution in [1.82, 2.24) is 24.6 Å². The summed E-state index contributed by atoms with van der Waals surface area (Å²) in [6.07, 6.45) is 5.83. The number of piperazine rings is 1. The molecule has 0 unspecified atom stereocenters. The molecule has 7 nitrogen and oxygen atoms in total. The summed E-state index contributed by atoms with van der Waals surface area (Å²) in [7, 11) is 0. The number of anilines is 1. The van der Waals surface area contributed by atoms with Crippen LogP contribution in [0.15, 0.2) is 41.3 Å². The highest BCUT2D eigenvalue weighted by Crippen LogP contribution is 2.20. The first kappa shape index (κ1) is 23.3. The van der Waals surface area contributed by atoms with E-state index < -0.39 is 17.3 Å². The second kappa shape index (κ2) is 9.86. The lowest BCUT2D eigenvalue weighted by Crippen LogP contribution is -2.46. The lowest BCUT2D eigenvalue weighted by Gasteiger charge is -2.35. The molecule has 3 aromatic rings. The van der Waals surface area contributed by atoms with Gasteiger partial charge in [-0.1, -0.05) is 19.6 Å². The molecule has 1 aliphatic heterocycles. The zero-order valence-electron chi connectivity index (χ0n) is 17.5. The standard InChI is InChI=1S/C22H24F2N6O.CH4/c1-15-10-21(27-22(31)26-15)30-16(2)17(14-25-30)4-3-5-28-6-8-29(9-7-28)20-12-18(23)11-19(24)13-20;/h3-4,10-14H,5-9H2,1-2H3,(H,26,27,31);1H4/b4-3+;. The van der Waals surface area contributed by atoms with Crippen LogP contribution in [0.3, 0.4) is 0 Å². The minimum Gasteiger partial charge on any atom is -0.369 e. The molecule has 2 aromatic heterocycles. The Bertz CT molecular complexity index is 1140. The number of aromatic nitrogens is 4. The van der Waals surface area contributed by atoms with Crippen LogP contribution >= 0.6 is 0 Å². The topological polar surface area (TPSA) is 70.1 Å². The molecule has 0 bridgehead atoms. The third-order valence-corrected chi connectivity index (χ3v) is 5.38. The predicted octanol–water partition coefficient (Wildman–Crippen LogP) is 3.32. The Morgan fingerprint density at radius 1 is 1.06 bits per heavy atom. The second-order valence-corrected chi connectivity index (χ2v) is 7.64. The zero-order valence-corrected chi connectivity index (χ0v) is 17.5. The molecule has 3 heterocycles. The van der Waals surface area contributed by atoms with Crippen LogP contribution in [-0.4, -0.2) is 57.4 Å². The SMILES string of the molecule is C.Cc1cc(-n2ncc(/C=C/CN3CCN(c4cc(F)cc(F)c4)CC3)c2C)nc(=O)[nH]1. The van der Waals surface area contributed by atoms with E-state index in [1.165, 1.54) is 12.1 Å². The van der Waals surface area contributed by atoms with Crippen LogP contribution in [0.1, 0.15) is 24.4 Å². The van der Waals surface area contributed by atoms with Crippen molar-refractivity contribution in [3.8, 4) is 5.82 Å². The molecular weight excluding hydrogens is 414 g/mol. The van der Waals surface area contributed by atoms with Gasteiger partial charge in [-0.3, -0.25) is 4.90 Å². The van der Waals surface area contributed by atoms with Gasteiger partial charge in [0.2, 0.25) is 0 Å². The Kier molecular flexibility index (Phi) is 7.19. The molecule has 1 aromatic carbocycles. The van der Waals surface area contributed by atoms with Crippen molar-refractivity contribution in [1.29, 1.82) is 0 Å². The van der Waals surface area contributed by atoms with Crippen molar-refractivity contribution < 1.29 is 8.78 Å². The van der Waals surface area contributed by atoms with Crippen molar-refractivity contribution in [3.63, 3.8) is 0 Å². The number of nitrogens with one attached hydrogen (secondary N) is 1. The van der Waals surface area contributed by atoms with Crippen LogP contribution in [0.4, 0.5) is 14.5 Å². The average molecular weight is 443 g/mol. The van der Waals surface area contributed by atoms with E-state index in [1.807, 2.05) is 17.9 Å². The van der Waals surface area contributed by atoms with E-state index in [4.69, 9.17) is 0 Å². The normalized spacial score (nSPS) is 14.7. The van der Waals surface area contributed by atoms with Crippen LogP contribution in [0.2, 0.25) is 0 Å². The molecule has 1 fully saturated rings. The Morgan fingerprint density at radius 3 is 2.41 bits per heavy atom. The van der Waals surface area contributed by atoms with Gasteiger partial charge in [-0.05, 0) is 26.0 Å². The van der Waals surface area contributed by atoms with E-state index in [0.717, 1.165) is 42.7 Å². The molecule has 0 spiro atoms. The van der Waals surface area contributed by atoms with Crippen molar-refractivity contribution in [2.75, 3.05) is 37.6 Å². The molecule has 9 heteroatoms. The van der Waals surface area contributed by atoms with Crippen LogP contribution < -0.4 is 10.6 Å². The molecule has 1 aliphatic rings. The quantitative estimate of drug-likeness (QED) is 0.657. The fraction of sp³-hybridized carbons (Fsp3) is 0.348. The van der Waals surface area contributed by atoms with E-state index >= 15 is 0 Å². The van der Waals surface area contributed by atoms with Crippen molar-refractivity contribution >= 4 is 11.8 Å². The summed E-state index contributed by atoms with van der Waals surface area (Å²) in [5.74, 6) is -0.619. The van der Waals surface area contributed by atoms with Crippen LogP contribution in [0.5, 0.6) is 0 Å². The highest BCUT2D eigenvalue weighted by Gasteiger charge is 2.17. The van der Waals surface area contributed by atoms with Crippen molar-refractivity contribution in [2.45, 2.75) is 21.3 Å². The number of aromatic amines is 1. The third kappa shape index (κ3) is 5.28. The first-order chi connectivity index (χ1) is 14.9. The van der Waals surface area contributed by atoms with E-state index in [-0.39, 0.29) is 7.43 Å². The van der Waals surface area contributed by atoms with Gasteiger partial charge < -0.3 is 9.88 Å². The number of nitrogens with zero attached hydrogens (tertiary/aromatic N) is 5. The maximum absolute atomic E-state index is 13.5. The number of hydrogen-bond acceptors (Lipinski definition) is 5. The Hall–Kier alpha value is -3.33. The summed E-state index contributed by atoms with van der Waals surface area (Å²) in [6.45, 7) is 7.52. The monoisotopic (exact) mass is 442 g/mol. The smallest absolute Gasteiger partial charge is 0.347 e. The fourth-order valence-corrected chi connectivity index (χ4v) is 3.73. The number of hydrogen-bond donors (Lipinski definition) is 1. The minimum absolute atomic E-state index is 0. The molecule has 0 saturated carbocycles. The molecule has 0 amide bonds. The van der Waals surface area contributed by atoms with Gasteiger partial charge in [-0.2, -0.15) is 10.1 Å². The van der Waals surface area contributed by atoms with Gasteiger partial charge in [0.25, 0.3) is 0 Å². The molecule has 1 N–H and O–H groups in total. The number of H-pyrrole nitrogens is 1. The second-order valence-electron chi connectivity index (χ2n) is 7.64. The lowest BCUT2D eigenvalue weighted by molar-refractivity contribution is 0.284. The maximum atomic E-state index is 13.5. The molecule has 4 rings (SSSR count). The first-order valence-electron chi connectivity index (χ1n) is 10.1. The zero-order chi connectivity index (χ0) is 22.0. The molecular formula is C23H28F2N6O. The number of aryl methyl sites for hydroxylation is 1. The van der Waals surface area contributed by atoms with E-state index in [2.05, 4.69) is 26.0 Å². The van der Waals surface area contributed by atoms with E-state index in [0.29, 0.717) is 24.6 Å². The highest BCUT2D eigenvalue weighted by molar-refractivity contribution is 5.52. The van der Waals surface area contributed by atoms with Crippen LogP contribution in [0.25, 0.3) is 11.9 Å². The molecule has 1 saturated heterocycles. The van der Waals surface area contributed by atoms with Crippen LogP contribution in [-0.2, 0) is 0 Å². The van der Waals surface area contributed by atoms with Crippen LogP contribution in [0, 0.1) is 25.5 Å². The average Bonchev–Trinajstić information content (AvgIpc) is 3.07. The fourth-order valence-electron chi connectivity index (χ4n) is 3.73. The number of halogens is 2. The summed E-state index contributed by atoms with van der Waals surface area (Å²) < 4.78 is 28.6. The number of benzene rings is 1. The molecule has 0 radical (unpaired) electrons. The van der Waals surface area contributed by atoms with Gasteiger partial charge in [0.1, 0.15) is 11.6 Å². The summed E-state index contributed by atoms with van der Waals surface area (Å²) >= 11 is 0. The summed E-state index contributed by atoms with van der Waals surface area (Å²) in [6, 6.07) is 5.41. The molecule has 170 valence electrons. The number of rotatable bonds is 5. The minimum atomic E-state index is -0.554. The van der Waals surface area contributed by atoms with Gasteiger partial charge in [0, 0.05) is 61.8 Å². The summed E-state index contributed by atoms with van der Waals surface area (Å²) in [4.78, 5) is 22.5. The lowest BCUT2D eigenvalue weighted by atomic mass is 10.2. The summed E-state index contributed by atoms with van der Waals surface area (Å²) in [5.41, 5.74) is 2.75. The highest BCUT2D eigenvalue weighted by atomic mass is 19.1. The van der Waals surface area contributed by atoms with Crippen molar-refractivity contribution in [3.05, 3.63) is 75.6 Å². The van der Waals surface area contributed by atoms with E-state index in [1.54, 1.807) is 23.9 Å². The van der Waals surface area contributed by atoms with Gasteiger partial charge in [0.15, 0.2) is 5.82 Å². The Morgan fingerprint density at radius 2 is 1.75 bits per heavy atom. The van der Waals surface area contributed by atoms with Gasteiger partial charge in [-0.15, -0.1) is 0 Å². The molecule has 0 aliphatic carbocycles. The Balaban J connectivity index is 0.00000289. The van der Waals surface area contributed by atoms with Crippen molar-refractivity contribution in [2.24, 2.45) is 0 Å². The third-order valence-electron chi connectivity index (χ3n) is 5.38. The predicted molar refractivity (Wildman–Crippen MR) is 122 cm³/mol. The van der Waals surface area contributed by atoms with Gasteiger partial charge in [-0.25, -0.2) is 18.3 Å². The Labute approximate surface area is 186 Å². The van der Waals surface area contributed by atoms with Gasteiger partial charge in [0.05, 0.1) is 11.9 Å². The largest absolute Gasteiger partial charge is 0.369 e. The molecule has 0 atom stereocenters. The first-order valence-corrected chi connectivity index (χ1v) is 10.1. The molecule has 32 heavy (non-hydrogen) atoms. The maximum Gasteiger partial charge on any atom is 0.347 e. The van der Waals surface area contributed by atoms with Gasteiger partial charge >= 0.3 is 5.69 Å².